The minimum atomic E-state index is -0.866. The molecule has 0 aliphatic rings. The second kappa shape index (κ2) is 10.7. The minimum absolute atomic E-state index is 0.0122. The zero-order chi connectivity index (χ0) is 16.3. The molecule has 120 valence electrons. The van der Waals surface area contributed by atoms with Crippen molar-refractivity contribution in [2.45, 2.75) is 20.3 Å². The normalized spacial score (nSPS) is 9.90. The third kappa shape index (κ3) is 10.4. The summed E-state index contributed by atoms with van der Waals surface area (Å²) in [6.45, 7) is 8.68. The van der Waals surface area contributed by atoms with E-state index in [2.05, 4.69) is 28.1 Å². The molecule has 21 heavy (non-hydrogen) atoms. The van der Waals surface area contributed by atoms with Gasteiger partial charge in [-0.15, -0.1) is 0 Å². The fourth-order valence-electron chi connectivity index (χ4n) is 1.17. The van der Waals surface area contributed by atoms with E-state index in [1.165, 1.54) is 7.11 Å². The quantitative estimate of drug-likeness (QED) is 0.249. The van der Waals surface area contributed by atoms with E-state index in [9.17, 15) is 14.4 Å². The lowest BCUT2D eigenvalue weighted by molar-refractivity contribution is -0.139. The van der Waals surface area contributed by atoms with Gasteiger partial charge in [0.25, 0.3) is 0 Å². The van der Waals surface area contributed by atoms with Crippen molar-refractivity contribution >= 4 is 17.7 Å². The zero-order valence-corrected chi connectivity index (χ0v) is 12.7. The average Bonchev–Trinajstić information content (AvgIpc) is 2.42. The highest BCUT2D eigenvalue weighted by Crippen LogP contribution is 1.93. The van der Waals surface area contributed by atoms with Crippen molar-refractivity contribution in [3.63, 3.8) is 0 Å². The maximum atomic E-state index is 11.5. The zero-order valence-electron chi connectivity index (χ0n) is 12.7. The number of carbonyl (C=O) groups is 3. The molecular weight excluding hydrogens is 276 g/mol. The molecule has 0 heterocycles. The van der Waals surface area contributed by atoms with E-state index in [0.29, 0.717) is 19.1 Å². The molecule has 0 saturated carbocycles. The molecule has 8 heteroatoms. The van der Waals surface area contributed by atoms with Gasteiger partial charge in [-0.25, -0.2) is 0 Å². The largest absolute Gasteiger partial charge is 0.383 e. The van der Waals surface area contributed by atoms with Crippen LogP contribution < -0.4 is 21.5 Å². The van der Waals surface area contributed by atoms with Crippen molar-refractivity contribution in [3.05, 3.63) is 12.3 Å². The Morgan fingerprint density at radius 2 is 1.76 bits per heavy atom. The minimum Gasteiger partial charge on any atom is -0.383 e. The topological polar surface area (TPSA) is 109 Å². The van der Waals surface area contributed by atoms with E-state index in [0.717, 1.165) is 0 Å². The third-order valence-electron chi connectivity index (χ3n) is 2.23. The highest BCUT2D eigenvalue weighted by Gasteiger charge is 2.13. The summed E-state index contributed by atoms with van der Waals surface area (Å²) in [7, 11) is 1.49. The van der Waals surface area contributed by atoms with Crippen LogP contribution in [0.5, 0.6) is 0 Å². The summed E-state index contributed by atoms with van der Waals surface area (Å²) in [5, 5.41) is 5.07. The number of hydrogen-bond donors (Lipinski definition) is 4. The Bertz CT molecular complexity index is 382. The van der Waals surface area contributed by atoms with Gasteiger partial charge in [-0.3, -0.25) is 19.8 Å². The molecule has 0 radical (unpaired) electrons. The van der Waals surface area contributed by atoms with Crippen molar-refractivity contribution < 1.29 is 19.1 Å². The number of carbonyl (C=O) groups excluding carboxylic acids is 3. The Morgan fingerprint density at radius 3 is 2.33 bits per heavy atom. The molecule has 4 N–H and O–H groups in total. The van der Waals surface area contributed by atoms with Crippen molar-refractivity contribution in [1.29, 1.82) is 0 Å². The van der Waals surface area contributed by atoms with Crippen LogP contribution in [0.15, 0.2) is 12.3 Å². The van der Waals surface area contributed by atoms with Crippen molar-refractivity contribution in [1.82, 2.24) is 21.5 Å². The van der Waals surface area contributed by atoms with Crippen LogP contribution in [-0.4, -0.2) is 44.5 Å². The molecule has 0 atom stereocenters. The second-order valence-corrected chi connectivity index (χ2v) is 4.81. The SMILES string of the molecule is C=C(CC(=O)NCC(C)C)NNC(=O)C(=O)NCCOC. The third-order valence-corrected chi connectivity index (χ3v) is 2.23. The molecule has 0 spiro atoms. The predicted octanol–water partition coefficient (Wildman–Crippen LogP) is -0.954. The molecule has 3 amide bonds. The van der Waals surface area contributed by atoms with Gasteiger partial charge in [-0.05, 0) is 5.92 Å². The predicted molar refractivity (Wildman–Crippen MR) is 77.8 cm³/mol. The van der Waals surface area contributed by atoms with Crippen LogP contribution >= 0.6 is 0 Å². The molecule has 0 aromatic heterocycles. The number of nitrogens with one attached hydrogen (secondary N) is 4. The molecule has 8 nitrogen and oxygen atoms in total. The number of amides is 3. The molecule has 0 aliphatic heterocycles. The smallest absolute Gasteiger partial charge is 0.327 e. The average molecular weight is 300 g/mol. The van der Waals surface area contributed by atoms with E-state index in [1.54, 1.807) is 0 Å². The maximum Gasteiger partial charge on any atom is 0.327 e. The Hall–Kier alpha value is -2.09. The van der Waals surface area contributed by atoms with Crippen LogP contribution in [-0.2, 0) is 19.1 Å². The molecular formula is C13H24N4O4. The van der Waals surface area contributed by atoms with Crippen molar-refractivity contribution in [2.75, 3.05) is 26.8 Å². The van der Waals surface area contributed by atoms with Crippen LogP contribution in [0.25, 0.3) is 0 Å². The Morgan fingerprint density at radius 1 is 1.10 bits per heavy atom. The Labute approximate surface area is 124 Å². The summed E-state index contributed by atoms with van der Waals surface area (Å²) in [4.78, 5) is 34.2. The Balaban J connectivity index is 3.88. The van der Waals surface area contributed by atoms with Crippen LogP contribution in [0.3, 0.4) is 0 Å². The molecule has 0 aromatic rings. The number of hydrazine groups is 1. The molecule has 0 saturated heterocycles. The Kier molecular flexibility index (Phi) is 9.61. The molecule has 0 bridgehead atoms. The molecule has 0 fully saturated rings. The fraction of sp³-hybridized carbons (Fsp3) is 0.615. The molecule has 0 aliphatic carbocycles. The summed E-state index contributed by atoms with van der Waals surface area (Å²) in [6, 6.07) is 0. The van der Waals surface area contributed by atoms with Gasteiger partial charge in [0.05, 0.1) is 13.0 Å². The second-order valence-electron chi connectivity index (χ2n) is 4.81. The first kappa shape index (κ1) is 18.9. The van der Waals surface area contributed by atoms with Crippen molar-refractivity contribution in [3.8, 4) is 0 Å². The van der Waals surface area contributed by atoms with Crippen LogP contribution in [0.4, 0.5) is 0 Å². The lowest BCUT2D eigenvalue weighted by Crippen LogP contribution is -2.46. The van der Waals surface area contributed by atoms with Gasteiger partial charge < -0.3 is 20.8 Å². The monoisotopic (exact) mass is 300 g/mol. The molecule has 0 aromatic carbocycles. The lowest BCUT2D eigenvalue weighted by Gasteiger charge is -2.12. The van der Waals surface area contributed by atoms with E-state index < -0.39 is 11.8 Å². The number of hydrogen-bond acceptors (Lipinski definition) is 5. The number of methoxy groups -OCH3 is 1. The van der Waals surface area contributed by atoms with Gasteiger partial charge in [0.1, 0.15) is 0 Å². The first-order valence-corrected chi connectivity index (χ1v) is 6.64. The van der Waals surface area contributed by atoms with Crippen LogP contribution in [0, 0.1) is 5.92 Å². The first-order valence-electron chi connectivity index (χ1n) is 6.64. The van der Waals surface area contributed by atoms with Gasteiger partial charge in [0.2, 0.25) is 5.91 Å². The number of rotatable bonds is 9. The summed E-state index contributed by atoms with van der Waals surface area (Å²) < 4.78 is 4.73. The fourth-order valence-corrected chi connectivity index (χ4v) is 1.17. The van der Waals surface area contributed by atoms with Crippen molar-refractivity contribution in [2.24, 2.45) is 5.92 Å². The van der Waals surface area contributed by atoms with Crippen LogP contribution in [0.1, 0.15) is 20.3 Å². The molecule has 0 rings (SSSR count). The van der Waals surface area contributed by atoms with E-state index >= 15 is 0 Å². The van der Waals surface area contributed by atoms with Crippen LogP contribution in [0.2, 0.25) is 0 Å². The maximum absolute atomic E-state index is 11.5. The number of ether oxygens (including phenoxy) is 1. The van der Waals surface area contributed by atoms with E-state index in [-0.39, 0.29) is 24.6 Å². The van der Waals surface area contributed by atoms with Gasteiger partial charge in [-0.2, -0.15) is 0 Å². The molecule has 0 unspecified atom stereocenters. The highest BCUT2D eigenvalue weighted by molar-refractivity contribution is 6.34. The lowest BCUT2D eigenvalue weighted by atomic mass is 10.2. The van der Waals surface area contributed by atoms with Gasteiger partial charge in [0, 0.05) is 25.9 Å². The summed E-state index contributed by atoms with van der Waals surface area (Å²) >= 11 is 0. The standard InChI is InChI=1S/C13H24N4O4/c1-9(2)8-15-11(18)7-10(3)16-17-13(20)12(19)14-5-6-21-4/h9,16H,3,5-8H2,1-2,4H3,(H,14,19)(H,15,18)(H,17,20). The summed E-state index contributed by atoms with van der Waals surface area (Å²) in [5.74, 6) is -1.52. The van der Waals surface area contributed by atoms with E-state index in [4.69, 9.17) is 4.74 Å². The highest BCUT2D eigenvalue weighted by atomic mass is 16.5. The van der Waals surface area contributed by atoms with E-state index in [1.807, 2.05) is 13.8 Å². The van der Waals surface area contributed by atoms with Gasteiger partial charge >= 0.3 is 11.8 Å². The van der Waals surface area contributed by atoms with Gasteiger partial charge in [0.15, 0.2) is 0 Å². The summed E-state index contributed by atoms with van der Waals surface area (Å²) in [5.41, 5.74) is 4.87. The summed E-state index contributed by atoms with van der Waals surface area (Å²) in [6.07, 6.45) is 0.0122. The van der Waals surface area contributed by atoms with Gasteiger partial charge in [-0.1, -0.05) is 20.4 Å². The first-order chi connectivity index (χ1) is 9.86.